The Morgan fingerprint density at radius 3 is 2.31 bits per heavy atom. The molecule has 32 heavy (non-hydrogen) atoms. The standard InChI is InChI=1S/C21H12F6N2O2S/c22-20(23,24)13-6-11(7-14(9-13)21(25,26)27)10-29-18(30)17(32-19(29)31)8-12-2-1-3-16-15(12)4-5-28-16/h1-9,30H,10H2. The van der Waals surface area contributed by atoms with Gasteiger partial charge in [0.05, 0.1) is 28.2 Å². The smallest absolute Gasteiger partial charge is 0.416 e. The van der Waals surface area contributed by atoms with Gasteiger partial charge in [-0.1, -0.05) is 23.5 Å². The van der Waals surface area contributed by atoms with Gasteiger partial charge < -0.3 is 5.11 Å². The molecule has 166 valence electrons. The third kappa shape index (κ3) is 4.20. The molecule has 0 saturated heterocycles. The molecule has 0 unspecified atom stereocenters. The summed E-state index contributed by atoms with van der Waals surface area (Å²) in [6.07, 6.45) is -5.19. The third-order valence-corrected chi connectivity index (χ3v) is 5.66. The molecule has 1 aliphatic rings. The molecule has 4 rings (SSSR count). The molecule has 0 atom stereocenters. The van der Waals surface area contributed by atoms with Crippen LogP contribution in [0, 0.1) is 0 Å². The Morgan fingerprint density at radius 1 is 1.03 bits per heavy atom. The Morgan fingerprint density at radius 2 is 1.69 bits per heavy atom. The maximum atomic E-state index is 13.1. The first-order valence-electron chi connectivity index (χ1n) is 8.99. The molecular weight excluding hydrogens is 458 g/mol. The summed E-state index contributed by atoms with van der Waals surface area (Å²) >= 11 is 0.623. The van der Waals surface area contributed by atoms with Crippen LogP contribution in [0.15, 0.2) is 46.2 Å². The van der Waals surface area contributed by atoms with Gasteiger partial charge in [-0.25, -0.2) is 0 Å². The lowest BCUT2D eigenvalue weighted by Gasteiger charge is -2.14. The van der Waals surface area contributed by atoms with Gasteiger partial charge in [0, 0.05) is 11.4 Å². The van der Waals surface area contributed by atoms with Crippen LogP contribution in [0.2, 0.25) is 0 Å². The van der Waals surface area contributed by atoms with Crippen LogP contribution < -0.4 is 15.3 Å². The van der Waals surface area contributed by atoms with E-state index in [0.717, 1.165) is 9.79 Å². The van der Waals surface area contributed by atoms with Crippen molar-refractivity contribution >= 4 is 35.4 Å². The Kier molecular flexibility index (Phi) is 5.24. The van der Waals surface area contributed by atoms with Crippen LogP contribution in [-0.4, -0.2) is 15.9 Å². The normalized spacial score (nSPS) is 14.0. The minimum absolute atomic E-state index is 0.00745. The van der Waals surface area contributed by atoms with Crippen molar-refractivity contribution < 1.29 is 31.4 Å². The number of rotatable bonds is 3. The largest absolute Gasteiger partial charge is 0.493 e. The van der Waals surface area contributed by atoms with Crippen molar-refractivity contribution in [2.75, 3.05) is 0 Å². The summed E-state index contributed by atoms with van der Waals surface area (Å²) in [6, 6.07) is 6.27. The minimum Gasteiger partial charge on any atom is -0.493 e. The molecule has 1 aromatic heterocycles. The average molecular weight is 470 g/mol. The van der Waals surface area contributed by atoms with Gasteiger partial charge in [0.25, 0.3) is 0 Å². The van der Waals surface area contributed by atoms with Crippen LogP contribution in [0.3, 0.4) is 0 Å². The van der Waals surface area contributed by atoms with Crippen LogP contribution in [-0.2, 0) is 18.9 Å². The fourth-order valence-electron chi connectivity index (χ4n) is 3.26. The monoisotopic (exact) mass is 470 g/mol. The SMILES string of the molecule is O=c1sc(C=c2cccc3c2=CC=N3)c(O)n1Cc1cc(C(F)(F)F)cc(C(F)(F)F)c1. The van der Waals surface area contributed by atoms with E-state index in [0.29, 0.717) is 34.4 Å². The zero-order valence-electron chi connectivity index (χ0n) is 15.8. The highest BCUT2D eigenvalue weighted by atomic mass is 32.1. The fraction of sp³-hybridized carbons (Fsp3) is 0.143. The van der Waals surface area contributed by atoms with Gasteiger partial charge in [-0.3, -0.25) is 14.4 Å². The zero-order valence-corrected chi connectivity index (χ0v) is 16.6. The second kappa shape index (κ2) is 7.66. The molecule has 4 nitrogen and oxygen atoms in total. The Hall–Kier alpha value is -3.34. The molecule has 1 aliphatic heterocycles. The minimum atomic E-state index is -5.01. The molecule has 3 aromatic rings. The molecule has 0 spiro atoms. The van der Waals surface area contributed by atoms with Crippen molar-refractivity contribution in [3.05, 3.63) is 78.1 Å². The number of hydrogen-bond donors (Lipinski definition) is 1. The van der Waals surface area contributed by atoms with Gasteiger partial charge in [-0.15, -0.1) is 0 Å². The molecule has 0 amide bonds. The molecule has 1 N–H and O–H groups in total. The third-order valence-electron chi connectivity index (χ3n) is 4.74. The fourth-order valence-corrected chi connectivity index (χ4v) is 4.10. The van der Waals surface area contributed by atoms with Gasteiger partial charge >= 0.3 is 17.2 Å². The van der Waals surface area contributed by atoms with Gasteiger partial charge in [0.15, 0.2) is 0 Å². The van der Waals surface area contributed by atoms with Crippen molar-refractivity contribution in [1.82, 2.24) is 4.57 Å². The number of benzene rings is 2. The van der Waals surface area contributed by atoms with Crippen LogP contribution in [0.25, 0.3) is 12.2 Å². The van der Waals surface area contributed by atoms with Crippen molar-refractivity contribution in [3.8, 4) is 5.88 Å². The van der Waals surface area contributed by atoms with E-state index in [1.54, 1.807) is 30.5 Å². The van der Waals surface area contributed by atoms with Crippen LogP contribution in [0.1, 0.15) is 21.6 Å². The number of thiazole rings is 1. The Labute approximate surface area is 179 Å². The maximum absolute atomic E-state index is 13.1. The molecule has 11 heteroatoms. The lowest BCUT2D eigenvalue weighted by atomic mass is 10.0. The summed E-state index contributed by atoms with van der Waals surface area (Å²) in [4.78, 5) is 15.9. The average Bonchev–Trinajstić information content (AvgIpc) is 3.28. The van der Waals surface area contributed by atoms with Crippen LogP contribution in [0.4, 0.5) is 32.0 Å². The number of alkyl halides is 6. The molecule has 2 aromatic carbocycles. The topological polar surface area (TPSA) is 54.6 Å². The number of aliphatic imine (C=N–C) groups is 1. The predicted molar refractivity (Wildman–Crippen MR) is 108 cm³/mol. The quantitative estimate of drug-likeness (QED) is 0.588. The van der Waals surface area contributed by atoms with E-state index in [1.165, 1.54) is 6.08 Å². The van der Waals surface area contributed by atoms with Crippen molar-refractivity contribution in [3.63, 3.8) is 0 Å². The van der Waals surface area contributed by atoms with Crippen molar-refractivity contribution in [2.24, 2.45) is 4.99 Å². The van der Waals surface area contributed by atoms with Gasteiger partial charge in [-0.05, 0) is 47.2 Å². The van der Waals surface area contributed by atoms with Crippen LogP contribution >= 0.6 is 11.3 Å². The number of fused-ring (bicyclic) bond motifs is 1. The summed E-state index contributed by atoms with van der Waals surface area (Å²) in [5.74, 6) is -0.553. The second-order valence-electron chi connectivity index (χ2n) is 6.93. The zero-order chi connectivity index (χ0) is 23.3. The Balaban J connectivity index is 1.78. The van der Waals surface area contributed by atoms with E-state index in [4.69, 9.17) is 0 Å². The van der Waals surface area contributed by atoms with E-state index in [2.05, 4.69) is 4.99 Å². The first-order valence-corrected chi connectivity index (χ1v) is 9.81. The van der Waals surface area contributed by atoms with Gasteiger partial charge in [0.1, 0.15) is 0 Å². The predicted octanol–water partition coefficient (Wildman–Crippen LogP) is 4.03. The summed E-state index contributed by atoms with van der Waals surface area (Å²) < 4.78 is 79.3. The Bertz CT molecular complexity index is 1380. The van der Waals surface area contributed by atoms with Gasteiger partial charge in [0.2, 0.25) is 5.88 Å². The first kappa shape index (κ1) is 21.9. The van der Waals surface area contributed by atoms with Crippen molar-refractivity contribution in [2.45, 2.75) is 18.9 Å². The maximum Gasteiger partial charge on any atom is 0.416 e. The molecule has 0 saturated carbocycles. The number of aromatic nitrogens is 1. The lowest BCUT2D eigenvalue weighted by Crippen LogP contribution is -2.22. The summed E-state index contributed by atoms with van der Waals surface area (Å²) in [6.45, 7) is -0.663. The summed E-state index contributed by atoms with van der Waals surface area (Å²) in [5.41, 5.74) is -2.72. The number of nitrogens with zero attached hydrogens (tertiary/aromatic N) is 2. The van der Waals surface area contributed by atoms with Gasteiger partial charge in [-0.2, -0.15) is 26.3 Å². The highest BCUT2D eigenvalue weighted by Gasteiger charge is 2.37. The van der Waals surface area contributed by atoms with Crippen LogP contribution in [0.5, 0.6) is 5.88 Å². The van der Waals surface area contributed by atoms with E-state index < -0.39 is 46.3 Å². The molecule has 2 heterocycles. The highest BCUT2D eigenvalue weighted by molar-refractivity contribution is 7.10. The molecular formula is C21H12F6N2O2S. The number of halogens is 6. The lowest BCUT2D eigenvalue weighted by molar-refractivity contribution is -0.143. The van der Waals surface area contributed by atoms with E-state index in [1.807, 2.05) is 0 Å². The highest BCUT2D eigenvalue weighted by Crippen LogP contribution is 2.36. The number of hydrogen-bond acceptors (Lipinski definition) is 4. The first-order chi connectivity index (χ1) is 14.9. The van der Waals surface area contributed by atoms with E-state index in [-0.39, 0.29) is 10.9 Å². The molecule has 0 bridgehead atoms. The second-order valence-corrected chi connectivity index (χ2v) is 7.92. The summed E-state index contributed by atoms with van der Waals surface area (Å²) in [5, 5.41) is 11.9. The van der Waals surface area contributed by atoms with Crippen molar-refractivity contribution in [1.29, 1.82) is 0 Å². The summed E-state index contributed by atoms with van der Waals surface area (Å²) in [7, 11) is 0. The van der Waals surface area contributed by atoms with E-state index >= 15 is 0 Å². The number of aromatic hydroxyl groups is 1. The van der Waals surface area contributed by atoms with E-state index in [9.17, 15) is 36.2 Å². The molecule has 0 fully saturated rings. The molecule has 0 aliphatic carbocycles. The molecule has 0 radical (unpaired) electrons.